The molecule has 0 bridgehead atoms. The van der Waals surface area contributed by atoms with Gasteiger partial charge in [-0.05, 0) is 72.5 Å². The molecule has 4 rings (SSSR count). The molecular formula is C29H32N4O. The third kappa shape index (κ3) is 5.43. The van der Waals surface area contributed by atoms with Gasteiger partial charge in [-0.15, -0.1) is 0 Å². The van der Waals surface area contributed by atoms with E-state index in [2.05, 4.69) is 84.5 Å². The number of benzene rings is 3. The van der Waals surface area contributed by atoms with E-state index in [1.54, 1.807) is 10.7 Å². The molecule has 0 saturated heterocycles. The predicted octanol–water partition coefficient (Wildman–Crippen LogP) is 5.38. The number of hydrogen-bond donors (Lipinski definition) is 1. The zero-order valence-electron chi connectivity index (χ0n) is 20.2. The molecule has 0 fully saturated rings. The fourth-order valence-electron chi connectivity index (χ4n) is 4.17. The number of carbonyl (C=O) groups is 1. The minimum Gasteiger partial charge on any atom is -0.364 e. The SMILES string of the molecule is CCN(CC)Cc1ccc(-c2ccc(Cc3ccc(-n4nc(C(N)=O)cc4C)cc3)cc2)cc1. The molecule has 3 aromatic carbocycles. The van der Waals surface area contributed by atoms with E-state index in [4.69, 9.17) is 5.73 Å². The van der Waals surface area contributed by atoms with E-state index in [0.29, 0.717) is 0 Å². The first kappa shape index (κ1) is 23.5. The molecule has 0 aliphatic carbocycles. The van der Waals surface area contributed by atoms with Crippen LogP contribution < -0.4 is 5.73 Å². The first-order valence-corrected chi connectivity index (χ1v) is 11.8. The van der Waals surface area contributed by atoms with Gasteiger partial charge in [0.25, 0.3) is 5.91 Å². The molecule has 34 heavy (non-hydrogen) atoms. The van der Waals surface area contributed by atoms with E-state index in [0.717, 1.165) is 37.4 Å². The Hall–Kier alpha value is -3.70. The molecule has 1 amide bonds. The molecule has 5 heteroatoms. The molecule has 0 aliphatic heterocycles. The van der Waals surface area contributed by atoms with Crippen LogP contribution >= 0.6 is 0 Å². The molecule has 0 aliphatic rings. The van der Waals surface area contributed by atoms with E-state index < -0.39 is 5.91 Å². The largest absolute Gasteiger partial charge is 0.364 e. The van der Waals surface area contributed by atoms with Crippen LogP contribution in [0.25, 0.3) is 16.8 Å². The second kappa shape index (κ2) is 10.5. The Balaban J connectivity index is 1.41. The second-order valence-electron chi connectivity index (χ2n) is 8.65. The highest BCUT2D eigenvalue weighted by Crippen LogP contribution is 2.22. The molecule has 4 aromatic rings. The van der Waals surface area contributed by atoms with Gasteiger partial charge in [0.05, 0.1) is 5.69 Å². The van der Waals surface area contributed by atoms with Crippen molar-refractivity contribution in [3.63, 3.8) is 0 Å². The van der Waals surface area contributed by atoms with Gasteiger partial charge < -0.3 is 5.73 Å². The summed E-state index contributed by atoms with van der Waals surface area (Å²) in [5, 5.41) is 4.30. The third-order valence-electron chi connectivity index (χ3n) is 6.27. The monoisotopic (exact) mass is 452 g/mol. The number of aromatic nitrogens is 2. The quantitative estimate of drug-likeness (QED) is 0.371. The lowest BCUT2D eigenvalue weighted by Crippen LogP contribution is -2.21. The number of primary amides is 1. The standard InChI is InChI=1S/C29H32N4O/c1-4-32(5-2)20-24-8-14-26(15-9-24)25-12-6-22(7-13-25)19-23-10-16-27(17-11-23)33-21(3)18-28(31-33)29(30)34/h6-18H,4-5,19-20H2,1-3H3,(H2,30,34). The molecule has 0 spiro atoms. The van der Waals surface area contributed by atoms with Gasteiger partial charge in [0, 0.05) is 12.2 Å². The highest BCUT2D eigenvalue weighted by molar-refractivity contribution is 5.90. The lowest BCUT2D eigenvalue weighted by atomic mass is 9.99. The molecule has 174 valence electrons. The van der Waals surface area contributed by atoms with Crippen molar-refractivity contribution < 1.29 is 4.79 Å². The number of hydrogen-bond acceptors (Lipinski definition) is 3. The van der Waals surface area contributed by atoms with Crippen LogP contribution in [0.3, 0.4) is 0 Å². The van der Waals surface area contributed by atoms with Crippen molar-refractivity contribution in [1.29, 1.82) is 0 Å². The van der Waals surface area contributed by atoms with Crippen molar-refractivity contribution in [3.05, 3.63) is 107 Å². The summed E-state index contributed by atoms with van der Waals surface area (Å²) >= 11 is 0. The molecule has 2 N–H and O–H groups in total. The molecule has 0 unspecified atom stereocenters. The van der Waals surface area contributed by atoms with Crippen molar-refractivity contribution in [3.8, 4) is 16.8 Å². The average molecular weight is 453 g/mol. The molecule has 0 atom stereocenters. The van der Waals surface area contributed by atoms with Crippen LogP contribution in [0.5, 0.6) is 0 Å². The summed E-state index contributed by atoms with van der Waals surface area (Å²) in [5.74, 6) is -0.516. The fraction of sp³-hybridized carbons (Fsp3) is 0.241. The number of amides is 1. The number of carbonyl (C=O) groups excluding carboxylic acids is 1. The minimum atomic E-state index is -0.516. The maximum Gasteiger partial charge on any atom is 0.269 e. The molecular weight excluding hydrogens is 420 g/mol. The normalized spacial score (nSPS) is 11.2. The number of nitrogens with two attached hydrogens (primary N) is 1. The summed E-state index contributed by atoms with van der Waals surface area (Å²) in [4.78, 5) is 13.8. The summed E-state index contributed by atoms with van der Waals surface area (Å²) in [6.45, 7) is 9.46. The van der Waals surface area contributed by atoms with Gasteiger partial charge >= 0.3 is 0 Å². The Labute approximate surface area is 201 Å². The Morgan fingerprint density at radius 3 is 1.79 bits per heavy atom. The second-order valence-corrected chi connectivity index (χ2v) is 8.65. The molecule has 0 saturated carbocycles. The van der Waals surface area contributed by atoms with E-state index in [-0.39, 0.29) is 5.69 Å². The molecule has 1 aromatic heterocycles. The third-order valence-corrected chi connectivity index (χ3v) is 6.27. The van der Waals surface area contributed by atoms with E-state index in [1.807, 2.05) is 19.1 Å². The summed E-state index contributed by atoms with van der Waals surface area (Å²) in [6.07, 6.45) is 0.855. The van der Waals surface area contributed by atoms with Crippen LogP contribution in [0.15, 0.2) is 78.9 Å². The Morgan fingerprint density at radius 2 is 1.32 bits per heavy atom. The molecule has 5 nitrogen and oxygen atoms in total. The Kier molecular flexibility index (Phi) is 7.24. The highest BCUT2D eigenvalue weighted by atomic mass is 16.1. The molecule has 1 heterocycles. The van der Waals surface area contributed by atoms with Crippen molar-refractivity contribution in [2.75, 3.05) is 13.1 Å². The Bertz CT molecular complexity index is 1240. The van der Waals surface area contributed by atoms with Crippen molar-refractivity contribution in [1.82, 2.24) is 14.7 Å². The van der Waals surface area contributed by atoms with Crippen molar-refractivity contribution in [2.45, 2.75) is 33.7 Å². The van der Waals surface area contributed by atoms with Crippen LogP contribution in [0.4, 0.5) is 0 Å². The predicted molar refractivity (Wildman–Crippen MR) is 138 cm³/mol. The highest BCUT2D eigenvalue weighted by Gasteiger charge is 2.10. The summed E-state index contributed by atoms with van der Waals surface area (Å²) in [7, 11) is 0. The average Bonchev–Trinajstić information content (AvgIpc) is 3.26. The van der Waals surface area contributed by atoms with Gasteiger partial charge in [0.15, 0.2) is 5.69 Å². The molecule has 0 radical (unpaired) electrons. The number of rotatable bonds is 9. The van der Waals surface area contributed by atoms with E-state index in [9.17, 15) is 4.79 Å². The minimum absolute atomic E-state index is 0.278. The number of nitrogens with zero attached hydrogens (tertiary/aromatic N) is 3. The van der Waals surface area contributed by atoms with Gasteiger partial charge in [-0.2, -0.15) is 5.10 Å². The van der Waals surface area contributed by atoms with Gasteiger partial charge in [0.2, 0.25) is 0 Å². The van der Waals surface area contributed by atoms with Gasteiger partial charge in [-0.1, -0.05) is 74.5 Å². The first-order valence-electron chi connectivity index (χ1n) is 11.8. The van der Waals surface area contributed by atoms with Crippen molar-refractivity contribution in [2.24, 2.45) is 5.73 Å². The van der Waals surface area contributed by atoms with Crippen LogP contribution in [-0.4, -0.2) is 33.7 Å². The maximum absolute atomic E-state index is 11.4. The summed E-state index contributed by atoms with van der Waals surface area (Å²) in [6, 6.07) is 27.6. The van der Waals surface area contributed by atoms with Crippen LogP contribution in [0.1, 0.15) is 46.7 Å². The summed E-state index contributed by atoms with van der Waals surface area (Å²) in [5.41, 5.74) is 13.7. The smallest absolute Gasteiger partial charge is 0.269 e. The lowest BCUT2D eigenvalue weighted by molar-refractivity contribution is 0.0995. The van der Waals surface area contributed by atoms with Crippen LogP contribution in [0.2, 0.25) is 0 Å². The zero-order chi connectivity index (χ0) is 24.1. The van der Waals surface area contributed by atoms with Gasteiger partial charge in [-0.3, -0.25) is 9.69 Å². The Morgan fingerprint density at radius 1 is 0.824 bits per heavy atom. The van der Waals surface area contributed by atoms with Crippen LogP contribution in [0, 0.1) is 6.92 Å². The zero-order valence-corrected chi connectivity index (χ0v) is 20.2. The van der Waals surface area contributed by atoms with E-state index in [1.165, 1.54) is 27.8 Å². The first-order chi connectivity index (χ1) is 16.5. The lowest BCUT2D eigenvalue weighted by Gasteiger charge is -2.18. The number of aryl methyl sites for hydroxylation is 1. The maximum atomic E-state index is 11.4. The summed E-state index contributed by atoms with van der Waals surface area (Å²) < 4.78 is 1.74. The topological polar surface area (TPSA) is 64.2 Å². The van der Waals surface area contributed by atoms with E-state index >= 15 is 0 Å². The van der Waals surface area contributed by atoms with Gasteiger partial charge in [-0.25, -0.2) is 4.68 Å². The van der Waals surface area contributed by atoms with Gasteiger partial charge in [0.1, 0.15) is 0 Å². The van der Waals surface area contributed by atoms with Crippen LogP contribution in [-0.2, 0) is 13.0 Å². The fourth-order valence-corrected chi connectivity index (χ4v) is 4.17. The van der Waals surface area contributed by atoms with Crippen molar-refractivity contribution >= 4 is 5.91 Å².